The number of unbranched alkanes of at least 4 members (excludes halogenated alkanes) is 1. The Bertz CT molecular complexity index is 1220. The zero-order valence-corrected chi connectivity index (χ0v) is 32.4. The number of amides is 3. The molecule has 49 heavy (non-hydrogen) atoms. The first-order valence-corrected chi connectivity index (χ1v) is 19.8. The highest BCUT2D eigenvalue weighted by Crippen LogP contribution is 2.51. The number of hydrogen-bond donors (Lipinski definition) is 4. The number of carbonyl (C=O) groups is 4. The van der Waals surface area contributed by atoms with Crippen molar-refractivity contribution in [1.29, 1.82) is 0 Å². The molecule has 0 heterocycles. The molecule has 0 bridgehead atoms. The molecule has 3 amide bonds. The molecule has 1 aliphatic rings. The van der Waals surface area contributed by atoms with Gasteiger partial charge in [-0.25, -0.2) is 9.59 Å². The number of nitrogens with one attached hydrogen (secondary N) is 3. The number of alkyl carbamates (subject to hydrolysis) is 1. The van der Waals surface area contributed by atoms with Crippen LogP contribution in [0.2, 0.25) is 10.1 Å². The van der Waals surface area contributed by atoms with Crippen LogP contribution in [-0.4, -0.2) is 69.2 Å². The van der Waals surface area contributed by atoms with Gasteiger partial charge in [-0.15, -0.1) is 0 Å². The van der Waals surface area contributed by atoms with Gasteiger partial charge in [0.25, 0.3) is 14.3 Å². The SMILES string of the molecule is CC(C)(C)OC(=O)NCCCC[C@@H](NC(=O)[C@H](N)CNC(=O)c1ccc([Si](F)(C(C)(C)C)C(C)(C)C)cc1)C(=O)OC1CCCCCCC1. The maximum absolute atomic E-state index is 16.7. The normalized spacial score (nSPS) is 16.4. The first-order valence-electron chi connectivity index (χ1n) is 18.0. The minimum Gasteiger partial charge on any atom is -0.461 e. The van der Waals surface area contributed by atoms with Gasteiger partial charge in [0.15, 0.2) is 0 Å². The number of rotatable bonds is 13. The van der Waals surface area contributed by atoms with Crippen LogP contribution in [0.1, 0.15) is 137 Å². The molecule has 1 aromatic rings. The van der Waals surface area contributed by atoms with E-state index in [0.29, 0.717) is 36.6 Å². The fourth-order valence-electron chi connectivity index (χ4n) is 6.53. The molecule has 0 aromatic heterocycles. The maximum atomic E-state index is 16.7. The van der Waals surface area contributed by atoms with Crippen molar-refractivity contribution in [2.45, 2.75) is 160 Å². The van der Waals surface area contributed by atoms with Gasteiger partial charge in [-0.1, -0.05) is 72.9 Å². The Morgan fingerprint density at radius 1 is 0.857 bits per heavy atom. The molecule has 0 radical (unpaired) electrons. The maximum Gasteiger partial charge on any atom is 0.407 e. The summed E-state index contributed by atoms with van der Waals surface area (Å²) < 4.78 is 27.8. The quantitative estimate of drug-likeness (QED) is 0.0814. The van der Waals surface area contributed by atoms with Crippen molar-refractivity contribution in [3.8, 4) is 0 Å². The van der Waals surface area contributed by atoms with E-state index in [9.17, 15) is 19.2 Å². The molecular weight excluding hydrogens is 644 g/mol. The lowest BCUT2D eigenvalue weighted by molar-refractivity contribution is -0.154. The van der Waals surface area contributed by atoms with E-state index >= 15 is 4.11 Å². The van der Waals surface area contributed by atoms with E-state index < -0.39 is 60.0 Å². The number of nitrogens with two attached hydrogens (primary N) is 1. The van der Waals surface area contributed by atoms with E-state index in [-0.39, 0.29) is 12.6 Å². The zero-order chi connectivity index (χ0) is 37.0. The zero-order valence-electron chi connectivity index (χ0n) is 31.4. The lowest BCUT2D eigenvalue weighted by atomic mass is 9.98. The van der Waals surface area contributed by atoms with Crippen LogP contribution >= 0.6 is 0 Å². The molecule has 0 unspecified atom stereocenters. The van der Waals surface area contributed by atoms with Gasteiger partial charge in [0.1, 0.15) is 23.8 Å². The predicted molar refractivity (Wildman–Crippen MR) is 195 cm³/mol. The van der Waals surface area contributed by atoms with Gasteiger partial charge >= 0.3 is 12.1 Å². The smallest absolute Gasteiger partial charge is 0.407 e. The summed E-state index contributed by atoms with van der Waals surface area (Å²) >= 11 is 0. The minimum atomic E-state index is -3.48. The largest absolute Gasteiger partial charge is 0.461 e. The summed E-state index contributed by atoms with van der Waals surface area (Å²) in [6.45, 7) is 17.1. The van der Waals surface area contributed by atoms with Crippen LogP contribution in [0.25, 0.3) is 0 Å². The molecular formula is C37H63FN4O6Si. The molecule has 1 fully saturated rings. The van der Waals surface area contributed by atoms with E-state index in [0.717, 1.165) is 38.5 Å². The third-order valence-electron chi connectivity index (χ3n) is 8.95. The van der Waals surface area contributed by atoms with Crippen LogP contribution in [0.4, 0.5) is 8.90 Å². The van der Waals surface area contributed by atoms with Crippen molar-refractivity contribution in [2.24, 2.45) is 5.73 Å². The molecule has 1 saturated carbocycles. The van der Waals surface area contributed by atoms with Gasteiger partial charge < -0.3 is 35.3 Å². The lowest BCUT2D eigenvalue weighted by Crippen LogP contribution is -2.57. The van der Waals surface area contributed by atoms with Crippen LogP contribution < -0.4 is 26.9 Å². The summed E-state index contributed by atoms with van der Waals surface area (Å²) in [5.41, 5.74) is 5.89. The summed E-state index contributed by atoms with van der Waals surface area (Å²) in [6.07, 6.45) is 7.62. The molecule has 2 rings (SSSR count). The molecule has 10 nitrogen and oxygen atoms in total. The Morgan fingerprint density at radius 2 is 1.41 bits per heavy atom. The van der Waals surface area contributed by atoms with Crippen molar-refractivity contribution >= 4 is 37.5 Å². The van der Waals surface area contributed by atoms with Crippen molar-refractivity contribution in [3.05, 3.63) is 29.8 Å². The second-order valence-corrected chi connectivity index (χ2v) is 21.3. The topological polar surface area (TPSA) is 149 Å². The average Bonchev–Trinajstić information content (AvgIpc) is 2.97. The summed E-state index contributed by atoms with van der Waals surface area (Å²) in [5.74, 6) is -1.54. The molecule has 2 atom stereocenters. The van der Waals surface area contributed by atoms with Crippen LogP contribution in [0.5, 0.6) is 0 Å². The number of carbonyl (C=O) groups excluding carboxylic acids is 4. The van der Waals surface area contributed by atoms with Gasteiger partial charge in [-0.2, -0.15) is 0 Å². The fraction of sp³-hybridized carbons (Fsp3) is 0.730. The number of benzene rings is 1. The van der Waals surface area contributed by atoms with Gasteiger partial charge in [-0.3, -0.25) is 9.59 Å². The van der Waals surface area contributed by atoms with Crippen molar-refractivity contribution in [2.75, 3.05) is 13.1 Å². The van der Waals surface area contributed by atoms with Gasteiger partial charge in [0.05, 0.1) is 0 Å². The molecule has 0 saturated heterocycles. The Balaban J connectivity index is 2.01. The second kappa shape index (κ2) is 18.3. The fourth-order valence-corrected chi connectivity index (χ4v) is 11.1. The Hall–Kier alpha value is -2.99. The highest BCUT2D eigenvalue weighted by molar-refractivity contribution is 6.90. The molecule has 0 spiro atoms. The number of ether oxygens (including phenoxy) is 2. The monoisotopic (exact) mass is 706 g/mol. The second-order valence-electron chi connectivity index (χ2n) is 16.4. The predicted octanol–water partition coefficient (Wildman–Crippen LogP) is 6.30. The summed E-state index contributed by atoms with van der Waals surface area (Å²) in [7, 11) is -3.48. The van der Waals surface area contributed by atoms with Crippen LogP contribution in [0.15, 0.2) is 24.3 Å². The van der Waals surface area contributed by atoms with Gasteiger partial charge in [0.2, 0.25) is 5.91 Å². The number of hydrogen-bond acceptors (Lipinski definition) is 7. The summed E-state index contributed by atoms with van der Waals surface area (Å²) in [4.78, 5) is 51.4. The Labute approximate surface area is 294 Å². The van der Waals surface area contributed by atoms with Crippen molar-refractivity contribution in [1.82, 2.24) is 16.0 Å². The van der Waals surface area contributed by atoms with E-state index in [1.165, 1.54) is 6.42 Å². The molecule has 5 N–H and O–H groups in total. The molecule has 278 valence electrons. The third-order valence-corrected chi connectivity index (χ3v) is 14.2. The lowest BCUT2D eigenvalue weighted by Gasteiger charge is -2.44. The Kier molecular flexibility index (Phi) is 15.8. The highest BCUT2D eigenvalue weighted by atomic mass is 28.4. The van der Waals surface area contributed by atoms with Crippen LogP contribution in [-0.2, 0) is 19.1 Å². The van der Waals surface area contributed by atoms with E-state index in [4.69, 9.17) is 15.2 Å². The van der Waals surface area contributed by atoms with Crippen LogP contribution in [0.3, 0.4) is 0 Å². The number of halogens is 1. The first kappa shape index (κ1) is 42.2. The molecule has 0 aliphatic heterocycles. The van der Waals surface area contributed by atoms with E-state index in [1.54, 1.807) is 45.0 Å². The van der Waals surface area contributed by atoms with Crippen molar-refractivity contribution in [3.63, 3.8) is 0 Å². The van der Waals surface area contributed by atoms with Gasteiger partial charge in [0, 0.05) is 18.7 Å². The molecule has 1 aliphatic carbocycles. The summed E-state index contributed by atoms with van der Waals surface area (Å²) in [5, 5.41) is 7.66. The minimum absolute atomic E-state index is 0.164. The first-order chi connectivity index (χ1) is 22.7. The van der Waals surface area contributed by atoms with Gasteiger partial charge in [-0.05, 0) is 93.1 Å². The van der Waals surface area contributed by atoms with E-state index in [2.05, 4.69) is 16.0 Å². The van der Waals surface area contributed by atoms with Crippen LogP contribution in [0, 0.1) is 0 Å². The standard InChI is InChI=1S/C37H63FN4O6Si/c1-35(2,3)48-34(46)40-24-16-15-19-30(33(45)47-27-17-13-11-10-12-14-18-27)42-32(44)29(39)25-41-31(43)26-20-22-28(23-21-26)49(38,36(4,5)6)37(7,8)9/h20-23,27,29-30H,10-19,24-25,39H2,1-9H3,(H,40,46)(H,41,43)(H,42,44)/t29-,30-/m1/s1. The molecule has 12 heteroatoms. The third kappa shape index (κ3) is 13.3. The highest BCUT2D eigenvalue weighted by Gasteiger charge is 2.56. The van der Waals surface area contributed by atoms with E-state index in [1.807, 2.05) is 41.5 Å². The number of esters is 1. The van der Waals surface area contributed by atoms with Crippen molar-refractivity contribution < 1.29 is 32.8 Å². The Morgan fingerprint density at radius 3 is 1.94 bits per heavy atom. The average molecular weight is 707 g/mol. The summed E-state index contributed by atoms with van der Waals surface area (Å²) in [6, 6.07) is 4.55. The molecule has 1 aromatic carbocycles.